The van der Waals surface area contributed by atoms with Gasteiger partial charge in [-0.05, 0) is 61.7 Å². The maximum Gasteiger partial charge on any atom is 0.321 e. The van der Waals surface area contributed by atoms with E-state index < -0.39 is 0 Å². The highest BCUT2D eigenvalue weighted by Gasteiger charge is 2.27. The normalized spacial score (nSPS) is 21.0. The quantitative estimate of drug-likeness (QED) is 0.564. The number of rotatable bonds is 4. The van der Waals surface area contributed by atoms with Crippen LogP contribution >= 0.6 is 0 Å². The Labute approximate surface area is 217 Å². The molecule has 2 N–H and O–H groups in total. The van der Waals surface area contributed by atoms with Crippen molar-refractivity contribution in [3.63, 3.8) is 0 Å². The number of morpholine rings is 1. The van der Waals surface area contributed by atoms with Crippen molar-refractivity contribution < 1.29 is 14.6 Å². The summed E-state index contributed by atoms with van der Waals surface area (Å²) in [5, 5.41) is 14.0. The number of carbonyl (C=O) groups is 1. The van der Waals surface area contributed by atoms with Gasteiger partial charge in [-0.1, -0.05) is 0 Å². The Morgan fingerprint density at radius 2 is 1.65 bits per heavy atom. The first-order valence-electron chi connectivity index (χ1n) is 13.3. The van der Waals surface area contributed by atoms with Crippen LogP contribution in [0.5, 0.6) is 0 Å². The molecular weight excluding hydrogens is 468 g/mol. The van der Waals surface area contributed by atoms with E-state index in [-0.39, 0.29) is 12.1 Å². The molecule has 3 saturated heterocycles. The summed E-state index contributed by atoms with van der Waals surface area (Å²) in [5.41, 5.74) is 5.07. The molecule has 0 spiro atoms. The van der Waals surface area contributed by atoms with E-state index in [0.29, 0.717) is 25.6 Å². The third kappa shape index (κ3) is 5.19. The van der Waals surface area contributed by atoms with Crippen molar-refractivity contribution in [2.45, 2.75) is 31.3 Å². The number of ether oxygens (including phenoxy) is 1. The summed E-state index contributed by atoms with van der Waals surface area (Å²) in [7, 11) is 0. The summed E-state index contributed by atoms with van der Waals surface area (Å²) in [4.78, 5) is 28.5. The first kappa shape index (κ1) is 23.9. The molecule has 4 heterocycles. The second-order valence-corrected chi connectivity index (χ2v) is 10.2. The second kappa shape index (κ2) is 10.5. The topological polar surface area (TPSA) is 94.1 Å². The predicted molar refractivity (Wildman–Crippen MR) is 144 cm³/mol. The van der Waals surface area contributed by atoms with Crippen LogP contribution in [0.25, 0.3) is 10.9 Å². The molecule has 6 rings (SSSR count). The lowest BCUT2D eigenvalue weighted by Crippen LogP contribution is -2.40. The van der Waals surface area contributed by atoms with E-state index in [1.54, 1.807) is 6.33 Å². The lowest BCUT2D eigenvalue weighted by atomic mass is 9.91. The zero-order valence-electron chi connectivity index (χ0n) is 21.1. The van der Waals surface area contributed by atoms with Gasteiger partial charge >= 0.3 is 6.03 Å². The molecule has 2 aromatic carbocycles. The summed E-state index contributed by atoms with van der Waals surface area (Å²) < 4.78 is 5.43. The van der Waals surface area contributed by atoms with Crippen molar-refractivity contribution in [2.75, 3.05) is 67.6 Å². The van der Waals surface area contributed by atoms with Crippen LogP contribution in [-0.4, -0.2) is 84.6 Å². The number of aromatic nitrogens is 2. The van der Waals surface area contributed by atoms with Crippen molar-refractivity contribution in [1.82, 2.24) is 14.9 Å². The Hall–Kier alpha value is -3.43. The average Bonchev–Trinajstić information content (AvgIpc) is 3.39. The van der Waals surface area contributed by atoms with Gasteiger partial charge in [0.05, 0.1) is 30.5 Å². The molecule has 1 aromatic heterocycles. The third-order valence-corrected chi connectivity index (χ3v) is 7.84. The summed E-state index contributed by atoms with van der Waals surface area (Å²) >= 11 is 0. The zero-order valence-corrected chi connectivity index (χ0v) is 21.1. The van der Waals surface area contributed by atoms with Gasteiger partial charge in [-0.25, -0.2) is 14.8 Å². The predicted octanol–water partition coefficient (Wildman–Crippen LogP) is 3.45. The number of anilines is 3. The van der Waals surface area contributed by atoms with Crippen LogP contribution in [0.4, 0.5) is 21.9 Å². The lowest BCUT2D eigenvalue weighted by Gasteiger charge is -2.32. The second-order valence-electron chi connectivity index (χ2n) is 10.2. The Kier molecular flexibility index (Phi) is 6.80. The van der Waals surface area contributed by atoms with Crippen LogP contribution < -0.4 is 15.1 Å². The summed E-state index contributed by atoms with van der Waals surface area (Å²) in [5.74, 6) is 0.293. The molecule has 9 heteroatoms. The van der Waals surface area contributed by atoms with Gasteiger partial charge in [-0.3, -0.25) is 0 Å². The molecule has 1 atom stereocenters. The van der Waals surface area contributed by atoms with Gasteiger partial charge in [0, 0.05) is 67.6 Å². The molecule has 194 valence electrons. The van der Waals surface area contributed by atoms with Gasteiger partial charge < -0.3 is 29.9 Å². The van der Waals surface area contributed by atoms with E-state index in [9.17, 15) is 9.90 Å². The van der Waals surface area contributed by atoms with E-state index in [1.807, 2.05) is 17.0 Å². The smallest absolute Gasteiger partial charge is 0.321 e. The van der Waals surface area contributed by atoms with Gasteiger partial charge in [-0.15, -0.1) is 0 Å². The molecule has 37 heavy (non-hydrogen) atoms. The molecule has 3 fully saturated rings. The minimum absolute atomic E-state index is 0.0532. The SMILES string of the molecule is O=C(Nc1ccc(N2CCOCC2)cc1)N1CCC(c2ncnc3cc(N4CC[C@H](O)C4)ccc23)CC1. The maximum atomic E-state index is 12.9. The zero-order chi connectivity index (χ0) is 25.2. The number of nitrogens with one attached hydrogen (secondary N) is 1. The Morgan fingerprint density at radius 1 is 0.892 bits per heavy atom. The average molecular weight is 503 g/mol. The van der Waals surface area contributed by atoms with Crippen molar-refractivity contribution >= 4 is 34.0 Å². The van der Waals surface area contributed by atoms with E-state index in [2.05, 4.69) is 55.4 Å². The Balaban J connectivity index is 1.07. The fourth-order valence-electron chi connectivity index (χ4n) is 5.70. The molecule has 3 aromatic rings. The number of hydrogen-bond acceptors (Lipinski definition) is 7. The lowest BCUT2D eigenvalue weighted by molar-refractivity contribution is 0.122. The van der Waals surface area contributed by atoms with Crippen molar-refractivity contribution in [3.05, 3.63) is 54.5 Å². The monoisotopic (exact) mass is 502 g/mol. The van der Waals surface area contributed by atoms with E-state index in [4.69, 9.17) is 4.74 Å². The minimum atomic E-state index is -0.256. The largest absolute Gasteiger partial charge is 0.391 e. The molecule has 0 aliphatic carbocycles. The fraction of sp³-hybridized carbons (Fsp3) is 0.464. The van der Waals surface area contributed by atoms with Crippen LogP contribution in [0, 0.1) is 0 Å². The van der Waals surface area contributed by atoms with Crippen LogP contribution in [-0.2, 0) is 4.74 Å². The number of urea groups is 1. The molecular formula is C28H34N6O3. The fourth-order valence-corrected chi connectivity index (χ4v) is 5.70. The highest BCUT2D eigenvalue weighted by molar-refractivity contribution is 5.89. The molecule has 0 unspecified atom stereocenters. The molecule has 0 saturated carbocycles. The Bertz CT molecular complexity index is 1240. The maximum absolute atomic E-state index is 12.9. The van der Waals surface area contributed by atoms with Crippen LogP contribution in [0.2, 0.25) is 0 Å². The summed E-state index contributed by atoms with van der Waals surface area (Å²) in [6.45, 7) is 6.21. The molecule has 9 nitrogen and oxygen atoms in total. The van der Waals surface area contributed by atoms with E-state index in [0.717, 1.165) is 85.8 Å². The van der Waals surface area contributed by atoms with E-state index in [1.165, 1.54) is 0 Å². The highest BCUT2D eigenvalue weighted by Crippen LogP contribution is 2.33. The van der Waals surface area contributed by atoms with Crippen molar-refractivity contribution in [3.8, 4) is 0 Å². The van der Waals surface area contributed by atoms with Gasteiger partial charge in [0.2, 0.25) is 0 Å². The number of nitrogens with zero attached hydrogens (tertiary/aromatic N) is 5. The number of likely N-dealkylation sites (tertiary alicyclic amines) is 1. The molecule has 2 amide bonds. The first-order chi connectivity index (χ1) is 18.1. The Morgan fingerprint density at radius 3 is 2.38 bits per heavy atom. The van der Waals surface area contributed by atoms with Crippen molar-refractivity contribution in [1.29, 1.82) is 0 Å². The molecule has 0 bridgehead atoms. The first-order valence-corrected chi connectivity index (χ1v) is 13.3. The molecule has 0 radical (unpaired) electrons. The minimum Gasteiger partial charge on any atom is -0.391 e. The van der Waals surface area contributed by atoms with Gasteiger partial charge in [0.25, 0.3) is 0 Å². The molecule has 3 aliphatic heterocycles. The number of fused-ring (bicyclic) bond motifs is 1. The highest BCUT2D eigenvalue weighted by atomic mass is 16.5. The number of piperidine rings is 1. The van der Waals surface area contributed by atoms with E-state index >= 15 is 0 Å². The number of aliphatic hydroxyl groups excluding tert-OH is 1. The van der Waals surface area contributed by atoms with Gasteiger partial charge in [0.15, 0.2) is 0 Å². The summed E-state index contributed by atoms with van der Waals surface area (Å²) in [6, 6.07) is 14.3. The van der Waals surface area contributed by atoms with Crippen LogP contribution in [0.3, 0.4) is 0 Å². The third-order valence-electron chi connectivity index (χ3n) is 7.84. The molecule has 3 aliphatic rings. The number of β-amino-alcohol motifs (C(OH)–C–C–N with tert-alkyl or cyclic N) is 1. The standard InChI is InChI=1S/C28H34N6O3/c35-24-9-12-34(18-24)23-5-6-25-26(17-23)29-19-30-27(25)20-7-10-33(11-8-20)28(36)31-21-1-3-22(4-2-21)32-13-15-37-16-14-32/h1-6,17,19-20,24,35H,7-16,18H2,(H,31,36)/t24-/m0/s1. The number of carbonyl (C=O) groups excluding carboxylic acids is 1. The van der Waals surface area contributed by atoms with Crippen molar-refractivity contribution in [2.24, 2.45) is 0 Å². The van der Waals surface area contributed by atoms with Crippen LogP contribution in [0.1, 0.15) is 30.9 Å². The van der Waals surface area contributed by atoms with Gasteiger partial charge in [0.1, 0.15) is 6.33 Å². The number of amides is 2. The van der Waals surface area contributed by atoms with Crippen LogP contribution in [0.15, 0.2) is 48.8 Å². The van der Waals surface area contributed by atoms with Gasteiger partial charge in [-0.2, -0.15) is 0 Å². The number of benzene rings is 2. The summed E-state index contributed by atoms with van der Waals surface area (Å²) in [6.07, 6.45) is 3.94. The number of aliphatic hydroxyl groups is 1. The number of hydrogen-bond donors (Lipinski definition) is 2.